The second kappa shape index (κ2) is 4.83. The fourth-order valence-corrected chi connectivity index (χ4v) is 1.25. The molecule has 1 N–H and O–H groups in total. The third kappa shape index (κ3) is 4.16. The summed E-state index contributed by atoms with van der Waals surface area (Å²) in [7, 11) is 0.598. The van der Waals surface area contributed by atoms with Crippen LogP contribution in [0.15, 0.2) is 24.3 Å². The molecule has 1 rings (SSSR count). The molecule has 0 saturated carbocycles. The lowest BCUT2D eigenvalue weighted by Crippen LogP contribution is -2.29. The number of halogens is 1. The molecule has 1 amide bonds. The third-order valence-electron chi connectivity index (χ3n) is 1.40. The summed E-state index contributed by atoms with van der Waals surface area (Å²) in [5, 5.41) is 8.50. The second-order valence-electron chi connectivity index (χ2n) is 2.57. The molecule has 0 radical (unpaired) electrons. The van der Waals surface area contributed by atoms with Crippen molar-refractivity contribution in [2.45, 2.75) is 0 Å². The number of rotatable bonds is 2. The monoisotopic (exact) mass is 260 g/mol. The zero-order valence-corrected chi connectivity index (χ0v) is 9.25. The standard InChI is InChI=1S/C8H5ClN2O4S/c9-16(13,14)11-8(12)15-7-3-1-6(5-10)2-4-7/h1-4H,(H,11,12). The van der Waals surface area contributed by atoms with Gasteiger partial charge < -0.3 is 4.74 Å². The van der Waals surface area contributed by atoms with E-state index in [1.54, 1.807) is 0 Å². The van der Waals surface area contributed by atoms with E-state index in [0.29, 0.717) is 5.56 Å². The molecule has 0 fully saturated rings. The summed E-state index contributed by atoms with van der Waals surface area (Å²) >= 11 is 0. The average Bonchev–Trinajstić information content (AvgIpc) is 2.16. The van der Waals surface area contributed by atoms with Gasteiger partial charge in [0.1, 0.15) is 5.75 Å². The highest BCUT2D eigenvalue weighted by Crippen LogP contribution is 2.11. The first-order valence-corrected chi connectivity index (χ1v) is 6.16. The molecular weight excluding hydrogens is 256 g/mol. The number of hydrogen-bond donors (Lipinski definition) is 1. The van der Waals surface area contributed by atoms with Crippen LogP contribution in [0.3, 0.4) is 0 Å². The van der Waals surface area contributed by atoms with Crippen molar-refractivity contribution in [2.75, 3.05) is 0 Å². The van der Waals surface area contributed by atoms with E-state index in [9.17, 15) is 13.2 Å². The van der Waals surface area contributed by atoms with Gasteiger partial charge in [0.25, 0.3) is 0 Å². The zero-order chi connectivity index (χ0) is 12.2. The van der Waals surface area contributed by atoms with Crippen LogP contribution in [0.2, 0.25) is 0 Å². The van der Waals surface area contributed by atoms with Crippen LogP contribution in [0.1, 0.15) is 5.56 Å². The first kappa shape index (κ1) is 12.3. The van der Waals surface area contributed by atoms with Crippen molar-refractivity contribution in [3.05, 3.63) is 29.8 Å². The topological polar surface area (TPSA) is 96.3 Å². The number of nitrogens with one attached hydrogen (secondary N) is 1. The van der Waals surface area contributed by atoms with Crippen LogP contribution in [0.4, 0.5) is 4.79 Å². The Hall–Kier alpha value is -1.78. The predicted molar refractivity (Wildman–Crippen MR) is 55.1 cm³/mol. The summed E-state index contributed by atoms with van der Waals surface area (Å²) < 4.78 is 26.9. The summed E-state index contributed by atoms with van der Waals surface area (Å²) in [5.41, 5.74) is 0.387. The Kier molecular flexibility index (Phi) is 3.71. The maximum absolute atomic E-state index is 10.9. The molecule has 6 nitrogen and oxygen atoms in total. The van der Waals surface area contributed by atoms with Gasteiger partial charge in [-0.05, 0) is 24.3 Å². The number of hydrogen-bond acceptors (Lipinski definition) is 5. The predicted octanol–water partition coefficient (Wildman–Crippen LogP) is 1.13. The largest absolute Gasteiger partial charge is 0.427 e. The number of amides is 1. The van der Waals surface area contributed by atoms with Gasteiger partial charge in [0.05, 0.1) is 11.6 Å². The van der Waals surface area contributed by atoms with Gasteiger partial charge in [0.2, 0.25) is 0 Å². The van der Waals surface area contributed by atoms with Crippen LogP contribution in [0.25, 0.3) is 0 Å². The van der Waals surface area contributed by atoms with Crippen molar-refractivity contribution < 1.29 is 17.9 Å². The number of carbonyl (C=O) groups is 1. The lowest BCUT2D eigenvalue weighted by atomic mass is 10.2. The first-order valence-electron chi connectivity index (χ1n) is 3.85. The highest BCUT2D eigenvalue weighted by atomic mass is 35.7. The molecule has 0 aromatic heterocycles. The van der Waals surface area contributed by atoms with E-state index < -0.39 is 15.3 Å². The van der Waals surface area contributed by atoms with Crippen LogP contribution in [0, 0.1) is 11.3 Å². The highest BCUT2D eigenvalue weighted by Gasteiger charge is 2.12. The molecule has 0 aliphatic rings. The molecule has 84 valence electrons. The van der Waals surface area contributed by atoms with E-state index in [1.165, 1.54) is 29.0 Å². The maximum Gasteiger partial charge on any atom is 0.427 e. The van der Waals surface area contributed by atoms with Crippen LogP contribution in [0.5, 0.6) is 5.75 Å². The minimum Gasteiger partial charge on any atom is -0.410 e. The molecule has 0 unspecified atom stereocenters. The van der Waals surface area contributed by atoms with Crippen molar-refractivity contribution in [2.24, 2.45) is 0 Å². The van der Waals surface area contributed by atoms with Gasteiger partial charge in [-0.1, -0.05) is 0 Å². The lowest BCUT2D eigenvalue weighted by molar-refractivity contribution is 0.207. The molecule has 0 saturated heterocycles. The van der Waals surface area contributed by atoms with Gasteiger partial charge in [-0.3, -0.25) is 0 Å². The van der Waals surface area contributed by atoms with Crippen molar-refractivity contribution in [3.63, 3.8) is 0 Å². The average molecular weight is 261 g/mol. The Balaban J connectivity index is 2.68. The molecule has 0 bridgehead atoms. The van der Waals surface area contributed by atoms with E-state index in [0.717, 1.165) is 0 Å². The highest BCUT2D eigenvalue weighted by molar-refractivity contribution is 8.12. The fraction of sp³-hybridized carbons (Fsp3) is 0. The molecule has 0 aliphatic carbocycles. The third-order valence-corrected chi connectivity index (χ3v) is 2.04. The summed E-state index contributed by atoms with van der Waals surface area (Å²) in [5.74, 6) is 0.0943. The van der Waals surface area contributed by atoms with E-state index >= 15 is 0 Å². The molecule has 0 heterocycles. The SMILES string of the molecule is N#Cc1ccc(OC(=O)NS(=O)(=O)Cl)cc1. The summed E-state index contributed by atoms with van der Waals surface area (Å²) in [6.07, 6.45) is -1.22. The molecule has 8 heteroatoms. The molecule has 0 atom stereocenters. The Morgan fingerprint density at radius 1 is 1.38 bits per heavy atom. The van der Waals surface area contributed by atoms with Crippen LogP contribution >= 0.6 is 10.7 Å². The van der Waals surface area contributed by atoms with Crippen LogP contribution < -0.4 is 9.46 Å². The van der Waals surface area contributed by atoms with Gasteiger partial charge in [-0.2, -0.15) is 13.7 Å². The molecule has 16 heavy (non-hydrogen) atoms. The van der Waals surface area contributed by atoms with Gasteiger partial charge >= 0.3 is 15.3 Å². The summed E-state index contributed by atoms with van der Waals surface area (Å²) in [4.78, 5) is 10.9. The summed E-state index contributed by atoms with van der Waals surface area (Å²) in [6.45, 7) is 0. The number of nitriles is 1. The van der Waals surface area contributed by atoms with Gasteiger partial charge in [0.15, 0.2) is 0 Å². The minimum atomic E-state index is -4.16. The first-order chi connectivity index (χ1) is 7.40. The lowest BCUT2D eigenvalue weighted by Gasteiger charge is -2.03. The molecule has 0 spiro atoms. The Labute approximate surface area is 95.9 Å². The number of ether oxygens (including phenoxy) is 1. The fourth-order valence-electron chi connectivity index (χ4n) is 0.825. The molecular formula is C8H5ClN2O4S. The maximum atomic E-state index is 10.9. The Morgan fingerprint density at radius 2 is 1.94 bits per heavy atom. The Morgan fingerprint density at radius 3 is 2.38 bits per heavy atom. The summed E-state index contributed by atoms with van der Waals surface area (Å²) in [6, 6.07) is 7.39. The molecule has 1 aromatic rings. The number of benzene rings is 1. The second-order valence-corrected chi connectivity index (χ2v) is 4.86. The van der Waals surface area contributed by atoms with Crippen LogP contribution in [-0.4, -0.2) is 14.5 Å². The Bertz CT molecular complexity index is 532. The van der Waals surface area contributed by atoms with Gasteiger partial charge in [-0.15, -0.1) is 0 Å². The number of carbonyl (C=O) groups excluding carboxylic acids is 1. The smallest absolute Gasteiger partial charge is 0.410 e. The van der Waals surface area contributed by atoms with Crippen molar-refractivity contribution in [3.8, 4) is 11.8 Å². The van der Waals surface area contributed by atoms with Crippen LogP contribution in [-0.2, 0) is 9.24 Å². The van der Waals surface area contributed by atoms with E-state index in [4.69, 9.17) is 15.9 Å². The normalized spacial score (nSPS) is 10.2. The van der Waals surface area contributed by atoms with Crippen molar-refractivity contribution in [1.29, 1.82) is 5.26 Å². The van der Waals surface area contributed by atoms with E-state index in [-0.39, 0.29) is 5.75 Å². The van der Waals surface area contributed by atoms with E-state index in [1.807, 2.05) is 6.07 Å². The van der Waals surface area contributed by atoms with Gasteiger partial charge in [-0.25, -0.2) is 9.52 Å². The zero-order valence-electron chi connectivity index (χ0n) is 7.68. The number of nitrogens with zero attached hydrogens (tertiary/aromatic N) is 1. The minimum absolute atomic E-state index is 0.0943. The van der Waals surface area contributed by atoms with Gasteiger partial charge in [0, 0.05) is 10.7 Å². The van der Waals surface area contributed by atoms with Crippen molar-refractivity contribution in [1.82, 2.24) is 4.72 Å². The molecule has 1 aromatic carbocycles. The van der Waals surface area contributed by atoms with E-state index in [2.05, 4.69) is 4.74 Å². The molecule has 0 aliphatic heterocycles. The van der Waals surface area contributed by atoms with Crippen molar-refractivity contribution >= 4 is 26.0 Å². The quantitative estimate of drug-likeness (QED) is 0.804.